The molecular weight excluding hydrogens is 536 g/mol. The number of carboxylic acid groups (broad SMARTS) is 1. The summed E-state index contributed by atoms with van der Waals surface area (Å²) in [5.41, 5.74) is 8.96. The van der Waals surface area contributed by atoms with Gasteiger partial charge >= 0.3 is 5.97 Å². The highest BCUT2D eigenvalue weighted by molar-refractivity contribution is 5.95. The van der Waals surface area contributed by atoms with Crippen LogP contribution in [0, 0.1) is 5.92 Å². The van der Waals surface area contributed by atoms with E-state index in [0.29, 0.717) is 6.42 Å². The normalized spacial score (nSPS) is 15.0. The lowest BCUT2D eigenvalue weighted by atomic mass is 9.96. The molecule has 5 atom stereocenters. The number of H-pyrrole nitrogens is 2. The lowest BCUT2D eigenvalue weighted by molar-refractivity contribution is -0.142. The molecule has 0 saturated carbocycles. The SMILES string of the molecule is CCC(C)C(NC(=O)C(C)N)C(=O)NC(Cc1c[nH]c2ccccc12)C(=O)NC(Cc1c[nH]c2ccccc12)C(=O)O. The molecule has 2 aromatic heterocycles. The Balaban J connectivity index is 1.60. The number of nitrogens with two attached hydrogens (primary N) is 1. The minimum Gasteiger partial charge on any atom is -0.480 e. The number of amides is 3. The number of carbonyl (C=O) groups is 4. The van der Waals surface area contributed by atoms with Gasteiger partial charge in [0.2, 0.25) is 17.7 Å². The zero-order valence-corrected chi connectivity index (χ0v) is 23.9. The van der Waals surface area contributed by atoms with Crippen LogP contribution in [0.3, 0.4) is 0 Å². The first-order valence-corrected chi connectivity index (χ1v) is 14.1. The highest BCUT2D eigenvalue weighted by Crippen LogP contribution is 2.21. The molecule has 11 nitrogen and oxygen atoms in total. The van der Waals surface area contributed by atoms with E-state index in [2.05, 4.69) is 25.9 Å². The second-order valence-electron chi connectivity index (χ2n) is 10.7. The van der Waals surface area contributed by atoms with Gasteiger partial charge in [-0.1, -0.05) is 56.7 Å². The summed E-state index contributed by atoms with van der Waals surface area (Å²) in [6.07, 6.45) is 4.22. The molecule has 11 heteroatoms. The summed E-state index contributed by atoms with van der Waals surface area (Å²) in [6, 6.07) is 10.9. The molecule has 0 fully saturated rings. The van der Waals surface area contributed by atoms with Crippen molar-refractivity contribution in [2.45, 2.75) is 64.2 Å². The molecule has 5 unspecified atom stereocenters. The van der Waals surface area contributed by atoms with Crippen LogP contribution in [-0.2, 0) is 32.0 Å². The van der Waals surface area contributed by atoms with Crippen LogP contribution in [0.15, 0.2) is 60.9 Å². The van der Waals surface area contributed by atoms with Crippen molar-refractivity contribution in [3.05, 3.63) is 72.1 Å². The predicted molar refractivity (Wildman–Crippen MR) is 161 cm³/mol. The average molecular weight is 575 g/mol. The van der Waals surface area contributed by atoms with E-state index in [-0.39, 0.29) is 18.8 Å². The Morgan fingerprint density at radius 1 is 0.762 bits per heavy atom. The summed E-state index contributed by atoms with van der Waals surface area (Å²) in [5, 5.41) is 19.9. The van der Waals surface area contributed by atoms with Crippen LogP contribution < -0.4 is 21.7 Å². The summed E-state index contributed by atoms with van der Waals surface area (Å²) in [6.45, 7) is 5.23. The van der Waals surface area contributed by atoms with Gasteiger partial charge in [-0.05, 0) is 36.1 Å². The maximum absolute atomic E-state index is 13.7. The number of nitrogens with one attached hydrogen (secondary N) is 5. The summed E-state index contributed by atoms with van der Waals surface area (Å²) in [5.74, 6) is -3.15. The summed E-state index contributed by atoms with van der Waals surface area (Å²) < 4.78 is 0. The molecule has 0 saturated heterocycles. The minimum atomic E-state index is -1.25. The summed E-state index contributed by atoms with van der Waals surface area (Å²) >= 11 is 0. The fraction of sp³-hybridized carbons (Fsp3) is 0.355. The molecule has 0 spiro atoms. The third-order valence-electron chi connectivity index (χ3n) is 7.65. The van der Waals surface area contributed by atoms with E-state index in [1.54, 1.807) is 12.4 Å². The maximum Gasteiger partial charge on any atom is 0.326 e. The van der Waals surface area contributed by atoms with E-state index < -0.39 is 47.9 Å². The quantitative estimate of drug-likeness (QED) is 0.129. The van der Waals surface area contributed by atoms with E-state index in [4.69, 9.17) is 5.73 Å². The monoisotopic (exact) mass is 574 g/mol. The molecule has 42 heavy (non-hydrogen) atoms. The molecule has 4 aromatic rings. The lowest BCUT2D eigenvalue weighted by Crippen LogP contribution is -2.59. The molecule has 2 heterocycles. The van der Waals surface area contributed by atoms with Gasteiger partial charge in [-0.2, -0.15) is 0 Å². The number of aromatic amines is 2. The van der Waals surface area contributed by atoms with Crippen molar-refractivity contribution in [2.24, 2.45) is 11.7 Å². The van der Waals surface area contributed by atoms with Crippen LogP contribution in [0.2, 0.25) is 0 Å². The number of aromatic nitrogens is 2. The highest BCUT2D eigenvalue weighted by Gasteiger charge is 2.33. The number of carbonyl (C=O) groups excluding carboxylic acids is 3. The topological polar surface area (TPSA) is 182 Å². The third kappa shape index (κ3) is 6.98. The Morgan fingerprint density at radius 2 is 1.26 bits per heavy atom. The van der Waals surface area contributed by atoms with Crippen molar-refractivity contribution in [3.63, 3.8) is 0 Å². The Bertz CT molecular complexity index is 1570. The van der Waals surface area contributed by atoms with Crippen LogP contribution in [0.5, 0.6) is 0 Å². The largest absolute Gasteiger partial charge is 0.480 e. The van der Waals surface area contributed by atoms with Crippen LogP contribution in [0.1, 0.15) is 38.3 Å². The Hall–Kier alpha value is -4.64. The molecule has 0 aliphatic rings. The van der Waals surface area contributed by atoms with E-state index >= 15 is 0 Å². The van der Waals surface area contributed by atoms with Gasteiger partial charge in [-0.3, -0.25) is 14.4 Å². The van der Waals surface area contributed by atoms with Crippen molar-refractivity contribution in [1.82, 2.24) is 25.9 Å². The molecule has 0 radical (unpaired) electrons. The van der Waals surface area contributed by atoms with Gasteiger partial charge in [0, 0.05) is 47.0 Å². The second-order valence-corrected chi connectivity index (χ2v) is 10.7. The first-order valence-electron chi connectivity index (χ1n) is 14.1. The zero-order chi connectivity index (χ0) is 30.4. The van der Waals surface area contributed by atoms with Crippen molar-refractivity contribution in [3.8, 4) is 0 Å². The van der Waals surface area contributed by atoms with E-state index in [1.807, 2.05) is 62.4 Å². The first kappa shape index (κ1) is 30.3. The van der Waals surface area contributed by atoms with Gasteiger partial charge in [-0.15, -0.1) is 0 Å². The van der Waals surface area contributed by atoms with E-state index in [1.165, 1.54) is 6.92 Å². The van der Waals surface area contributed by atoms with Gasteiger partial charge in [0.1, 0.15) is 18.1 Å². The van der Waals surface area contributed by atoms with Crippen LogP contribution in [0.4, 0.5) is 0 Å². The summed E-state index contributed by atoms with van der Waals surface area (Å²) in [7, 11) is 0. The summed E-state index contributed by atoms with van der Waals surface area (Å²) in [4.78, 5) is 58.2. The van der Waals surface area contributed by atoms with Gasteiger partial charge in [0.25, 0.3) is 0 Å². The fourth-order valence-corrected chi connectivity index (χ4v) is 4.97. The van der Waals surface area contributed by atoms with Crippen molar-refractivity contribution in [1.29, 1.82) is 0 Å². The molecule has 8 N–H and O–H groups in total. The van der Waals surface area contributed by atoms with Crippen molar-refractivity contribution < 1.29 is 24.3 Å². The standard InChI is InChI=1S/C31H38N6O5/c1-4-17(2)27(37-28(38)18(3)32)30(40)35-25(13-19-15-33-23-11-7-5-9-21(19)23)29(39)36-26(31(41)42)14-20-16-34-24-12-8-6-10-22(20)24/h5-12,15-18,25-27,33-34H,4,13-14,32H2,1-3H3,(H,35,40)(H,36,39)(H,37,38)(H,41,42). The average Bonchev–Trinajstić information content (AvgIpc) is 3.58. The Morgan fingerprint density at radius 3 is 1.76 bits per heavy atom. The number of benzene rings is 2. The number of rotatable bonds is 13. The smallest absolute Gasteiger partial charge is 0.326 e. The third-order valence-corrected chi connectivity index (χ3v) is 7.65. The Kier molecular flexibility index (Phi) is 9.64. The molecular formula is C31H38N6O5. The van der Waals surface area contributed by atoms with E-state index in [0.717, 1.165) is 32.9 Å². The maximum atomic E-state index is 13.7. The predicted octanol–water partition coefficient (Wildman–Crippen LogP) is 2.37. The number of para-hydroxylation sites is 2. The highest BCUT2D eigenvalue weighted by atomic mass is 16.4. The number of aliphatic carboxylic acids is 1. The zero-order valence-electron chi connectivity index (χ0n) is 23.9. The minimum absolute atomic E-state index is 0.0405. The second kappa shape index (κ2) is 13.3. The molecule has 0 aliphatic carbocycles. The molecule has 0 bridgehead atoms. The van der Waals surface area contributed by atoms with Crippen LogP contribution >= 0.6 is 0 Å². The molecule has 0 aliphatic heterocycles. The first-order chi connectivity index (χ1) is 20.1. The number of fused-ring (bicyclic) bond motifs is 2. The van der Waals surface area contributed by atoms with Crippen LogP contribution in [-0.4, -0.2) is 62.9 Å². The van der Waals surface area contributed by atoms with Gasteiger partial charge < -0.3 is 36.8 Å². The number of carboxylic acids is 1. The van der Waals surface area contributed by atoms with Crippen LogP contribution in [0.25, 0.3) is 21.8 Å². The van der Waals surface area contributed by atoms with Gasteiger partial charge in [0.15, 0.2) is 0 Å². The molecule has 222 valence electrons. The van der Waals surface area contributed by atoms with E-state index in [9.17, 15) is 24.3 Å². The Labute approximate surface area is 243 Å². The molecule has 2 aromatic carbocycles. The van der Waals surface area contributed by atoms with Crippen molar-refractivity contribution >= 4 is 45.5 Å². The lowest BCUT2D eigenvalue weighted by Gasteiger charge is -2.27. The molecule has 3 amide bonds. The number of hydrogen-bond acceptors (Lipinski definition) is 5. The van der Waals surface area contributed by atoms with Crippen molar-refractivity contribution in [2.75, 3.05) is 0 Å². The fourth-order valence-electron chi connectivity index (χ4n) is 4.97. The van der Waals surface area contributed by atoms with Gasteiger partial charge in [-0.25, -0.2) is 4.79 Å². The van der Waals surface area contributed by atoms with Gasteiger partial charge in [0.05, 0.1) is 6.04 Å². The molecule has 4 rings (SSSR count). The number of hydrogen-bond donors (Lipinski definition) is 7.